The van der Waals surface area contributed by atoms with Crippen molar-refractivity contribution >= 4 is 33.0 Å². The average molecular weight is 367 g/mol. The second-order valence-electron chi connectivity index (χ2n) is 3.90. The van der Waals surface area contributed by atoms with Crippen LogP contribution in [0.5, 0.6) is 5.75 Å². The maximum Gasteiger partial charge on any atom is 0.312 e. The summed E-state index contributed by atoms with van der Waals surface area (Å²) >= 11 is 4.76. The first-order valence-corrected chi connectivity index (χ1v) is 7.61. The lowest BCUT2D eigenvalue weighted by Crippen LogP contribution is -2.00. The molecule has 21 heavy (non-hydrogen) atoms. The molecule has 2 aromatic rings. The van der Waals surface area contributed by atoms with E-state index in [-0.39, 0.29) is 24.6 Å². The minimum atomic E-state index is -0.469. The molecule has 1 aromatic heterocycles. The highest BCUT2D eigenvalue weighted by molar-refractivity contribution is 9.10. The first kappa shape index (κ1) is 15.5. The molecule has 0 bridgehead atoms. The van der Waals surface area contributed by atoms with Crippen molar-refractivity contribution in [2.24, 2.45) is 5.73 Å². The zero-order chi connectivity index (χ0) is 15.2. The molecule has 0 radical (unpaired) electrons. The number of para-hydroxylation sites is 1. The van der Waals surface area contributed by atoms with Gasteiger partial charge in [-0.05, 0) is 33.4 Å². The second kappa shape index (κ2) is 7.22. The van der Waals surface area contributed by atoms with Gasteiger partial charge < -0.3 is 10.5 Å². The summed E-state index contributed by atoms with van der Waals surface area (Å²) < 4.78 is 6.16. The third kappa shape index (κ3) is 3.82. The van der Waals surface area contributed by atoms with E-state index in [4.69, 9.17) is 10.5 Å². The molecule has 7 heteroatoms. The van der Waals surface area contributed by atoms with Crippen LogP contribution in [0.4, 0.5) is 5.69 Å². The fraction of sp³-hybridized carbons (Fsp3) is 0.143. The smallest absolute Gasteiger partial charge is 0.312 e. The average Bonchev–Trinajstić information content (AvgIpc) is 2.90. The van der Waals surface area contributed by atoms with Gasteiger partial charge in [0.25, 0.3) is 0 Å². The van der Waals surface area contributed by atoms with E-state index in [1.54, 1.807) is 12.1 Å². The van der Waals surface area contributed by atoms with Crippen LogP contribution in [-0.2, 0) is 6.61 Å². The first-order chi connectivity index (χ1) is 10.1. The largest absolute Gasteiger partial charge is 0.480 e. The molecule has 0 spiro atoms. The van der Waals surface area contributed by atoms with Crippen molar-refractivity contribution in [1.29, 1.82) is 0 Å². The highest BCUT2D eigenvalue weighted by Gasteiger charge is 2.18. The van der Waals surface area contributed by atoms with Crippen molar-refractivity contribution in [3.8, 4) is 17.6 Å². The Bertz CT molecular complexity index is 718. The second-order valence-corrected chi connectivity index (χ2v) is 5.75. The van der Waals surface area contributed by atoms with E-state index >= 15 is 0 Å². The van der Waals surface area contributed by atoms with E-state index < -0.39 is 4.92 Å². The van der Waals surface area contributed by atoms with E-state index in [9.17, 15) is 10.1 Å². The number of nitro benzene ring substituents is 1. The molecular weight excluding hydrogens is 356 g/mol. The molecule has 0 saturated heterocycles. The van der Waals surface area contributed by atoms with Gasteiger partial charge in [0, 0.05) is 11.6 Å². The van der Waals surface area contributed by atoms with E-state index in [0.29, 0.717) is 4.47 Å². The molecule has 0 fully saturated rings. The van der Waals surface area contributed by atoms with Crippen LogP contribution in [0.25, 0.3) is 0 Å². The molecular formula is C14H11BrN2O3S. The van der Waals surface area contributed by atoms with Crippen molar-refractivity contribution in [2.75, 3.05) is 6.54 Å². The molecule has 1 aromatic carbocycles. The van der Waals surface area contributed by atoms with E-state index in [1.807, 2.05) is 11.4 Å². The fourth-order valence-corrected chi connectivity index (χ4v) is 2.84. The Morgan fingerprint density at radius 2 is 2.24 bits per heavy atom. The van der Waals surface area contributed by atoms with E-state index in [1.165, 1.54) is 17.4 Å². The molecule has 1 heterocycles. The van der Waals surface area contributed by atoms with Gasteiger partial charge in [-0.1, -0.05) is 17.9 Å². The van der Waals surface area contributed by atoms with Crippen LogP contribution < -0.4 is 10.5 Å². The molecule has 2 N–H and O–H groups in total. The van der Waals surface area contributed by atoms with Crippen molar-refractivity contribution in [3.05, 3.63) is 54.7 Å². The number of rotatable bonds is 4. The van der Waals surface area contributed by atoms with Crippen molar-refractivity contribution < 1.29 is 9.66 Å². The molecule has 2 rings (SSSR count). The maximum absolute atomic E-state index is 11.0. The van der Waals surface area contributed by atoms with Gasteiger partial charge in [-0.15, -0.1) is 11.3 Å². The first-order valence-electron chi connectivity index (χ1n) is 5.94. The van der Waals surface area contributed by atoms with Crippen LogP contribution in [-0.4, -0.2) is 11.5 Å². The fourth-order valence-electron chi connectivity index (χ4n) is 1.63. The molecule has 108 valence electrons. The lowest BCUT2D eigenvalue weighted by atomic mass is 10.2. The lowest BCUT2D eigenvalue weighted by Gasteiger charge is -2.07. The Morgan fingerprint density at radius 1 is 1.43 bits per heavy atom. The number of nitrogens with two attached hydrogens (primary N) is 1. The molecule has 0 amide bonds. The van der Waals surface area contributed by atoms with E-state index in [2.05, 4.69) is 27.8 Å². The zero-order valence-corrected chi connectivity index (χ0v) is 13.2. The number of hydrogen-bond donors (Lipinski definition) is 1. The summed E-state index contributed by atoms with van der Waals surface area (Å²) in [6.45, 7) is 0.502. The van der Waals surface area contributed by atoms with Gasteiger partial charge in [0.05, 0.1) is 20.8 Å². The summed E-state index contributed by atoms with van der Waals surface area (Å²) in [5, 5.41) is 12.9. The quantitative estimate of drug-likeness (QED) is 0.511. The molecule has 0 unspecified atom stereocenters. The van der Waals surface area contributed by atoms with Crippen LogP contribution in [0.15, 0.2) is 34.1 Å². The number of thiophene rings is 1. The minimum absolute atomic E-state index is 0.0736. The van der Waals surface area contributed by atoms with Crippen molar-refractivity contribution in [3.63, 3.8) is 0 Å². The highest BCUT2D eigenvalue weighted by atomic mass is 79.9. The molecule has 0 aliphatic carbocycles. The van der Waals surface area contributed by atoms with Crippen LogP contribution in [0, 0.1) is 22.0 Å². The van der Waals surface area contributed by atoms with Crippen molar-refractivity contribution in [2.45, 2.75) is 6.61 Å². The third-order valence-corrected chi connectivity index (χ3v) is 4.08. The SMILES string of the molecule is NCC#Cc1ccsc1COc1c(Br)cccc1[N+](=O)[O-]. The molecule has 0 atom stereocenters. The molecule has 0 saturated carbocycles. The van der Waals surface area contributed by atoms with Crippen LogP contribution in [0.2, 0.25) is 0 Å². The topological polar surface area (TPSA) is 78.4 Å². The summed E-state index contributed by atoms with van der Waals surface area (Å²) in [5.41, 5.74) is 6.11. The van der Waals surface area contributed by atoms with Gasteiger partial charge in [-0.2, -0.15) is 0 Å². The summed E-state index contributed by atoms with van der Waals surface area (Å²) in [6.07, 6.45) is 0. The number of nitrogens with zero attached hydrogens (tertiary/aromatic N) is 1. The standard InChI is InChI=1S/C14H11BrN2O3S/c15-11-4-1-5-12(17(18)19)14(11)20-9-13-10(3-2-7-16)6-8-21-13/h1,4-6,8H,7,9,16H2. The highest BCUT2D eigenvalue weighted by Crippen LogP contribution is 2.35. The normalized spacial score (nSPS) is 9.81. The van der Waals surface area contributed by atoms with Crippen LogP contribution in [0.1, 0.15) is 10.4 Å². The number of halogens is 1. The van der Waals surface area contributed by atoms with Crippen LogP contribution >= 0.6 is 27.3 Å². The van der Waals surface area contributed by atoms with Gasteiger partial charge in [0.2, 0.25) is 5.75 Å². The predicted molar refractivity (Wildman–Crippen MR) is 85.4 cm³/mol. The Labute approximate surface area is 134 Å². The summed E-state index contributed by atoms with van der Waals surface area (Å²) in [7, 11) is 0. The Balaban J connectivity index is 2.21. The maximum atomic E-state index is 11.0. The van der Waals surface area contributed by atoms with Gasteiger partial charge >= 0.3 is 5.69 Å². The molecule has 5 nitrogen and oxygen atoms in total. The van der Waals surface area contributed by atoms with Gasteiger partial charge in [-0.25, -0.2) is 0 Å². The number of benzene rings is 1. The van der Waals surface area contributed by atoms with E-state index in [0.717, 1.165) is 10.4 Å². The Hall–Kier alpha value is -1.88. The minimum Gasteiger partial charge on any atom is -0.480 e. The number of nitro groups is 1. The Morgan fingerprint density at radius 3 is 2.95 bits per heavy atom. The van der Waals surface area contributed by atoms with Gasteiger partial charge in [0.1, 0.15) is 6.61 Å². The molecule has 0 aliphatic rings. The van der Waals surface area contributed by atoms with Gasteiger partial charge in [-0.3, -0.25) is 10.1 Å². The predicted octanol–water partition coefficient (Wildman–Crippen LogP) is 3.31. The summed E-state index contributed by atoms with van der Waals surface area (Å²) in [5.74, 6) is 5.95. The zero-order valence-electron chi connectivity index (χ0n) is 10.8. The van der Waals surface area contributed by atoms with Crippen LogP contribution in [0.3, 0.4) is 0 Å². The number of hydrogen-bond acceptors (Lipinski definition) is 5. The number of ether oxygens (including phenoxy) is 1. The summed E-state index contributed by atoms with van der Waals surface area (Å²) in [4.78, 5) is 11.4. The third-order valence-electron chi connectivity index (χ3n) is 2.56. The van der Waals surface area contributed by atoms with Crippen molar-refractivity contribution in [1.82, 2.24) is 0 Å². The summed E-state index contributed by atoms with van der Waals surface area (Å²) in [6, 6.07) is 6.58. The monoisotopic (exact) mass is 366 g/mol. The van der Waals surface area contributed by atoms with Gasteiger partial charge in [0.15, 0.2) is 0 Å². The lowest BCUT2D eigenvalue weighted by molar-refractivity contribution is -0.386. The molecule has 0 aliphatic heterocycles. The Kier molecular flexibility index (Phi) is 5.33.